The summed E-state index contributed by atoms with van der Waals surface area (Å²) >= 11 is 0. The zero-order valence-corrected chi connectivity index (χ0v) is 11.2. The van der Waals surface area contributed by atoms with E-state index in [1.54, 1.807) is 0 Å². The summed E-state index contributed by atoms with van der Waals surface area (Å²) < 4.78 is 5.36. The normalized spacial score (nSPS) is 27.1. The molecule has 0 aromatic rings. The monoisotopic (exact) mass is 240 g/mol. The highest BCUT2D eigenvalue weighted by Gasteiger charge is 2.50. The van der Waals surface area contributed by atoms with Crippen molar-refractivity contribution in [3.8, 4) is 0 Å². The van der Waals surface area contributed by atoms with Gasteiger partial charge in [0.1, 0.15) is 5.60 Å². The smallest absolute Gasteiger partial charge is 0.410 e. The third-order valence-electron chi connectivity index (χ3n) is 3.84. The number of ether oxygens (including phenoxy) is 1. The van der Waals surface area contributed by atoms with Gasteiger partial charge in [0.05, 0.1) is 0 Å². The molecule has 1 atom stereocenters. The van der Waals surface area contributed by atoms with Crippen molar-refractivity contribution in [3.05, 3.63) is 0 Å². The van der Waals surface area contributed by atoms with Crippen LogP contribution >= 0.6 is 0 Å². The first-order valence-corrected chi connectivity index (χ1v) is 6.52. The summed E-state index contributed by atoms with van der Waals surface area (Å²) in [6.45, 7) is 8.21. The Balaban J connectivity index is 1.81. The van der Waals surface area contributed by atoms with Crippen LogP contribution < -0.4 is 5.73 Å². The first-order valence-electron chi connectivity index (χ1n) is 6.52. The maximum atomic E-state index is 11.8. The van der Waals surface area contributed by atoms with E-state index in [1.165, 1.54) is 19.3 Å². The number of hydrogen-bond acceptors (Lipinski definition) is 3. The summed E-state index contributed by atoms with van der Waals surface area (Å²) in [6.07, 6.45) is 3.45. The van der Waals surface area contributed by atoms with E-state index in [2.05, 4.69) is 0 Å². The van der Waals surface area contributed by atoms with Crippen molar-refractivity contribution in [2.24, 2.45) is 17.1 Å². The molecule has 1 unspecified atom stereocenters. The van der Waals surface area contributed by atoms with Crippen LogP contribution in [-0.4, -0.2) is 36.2 Å². The molecule has 1 saturated heterocycles. The minimum absolute atomic E-state index is 0.167. The number of hydrogen-bond donors (Lipinski definition) is 1. The summed E-state index contributed by atoms with van der Waals surface area (Å²) in [7, 11) is 0. The maximum Gasteiger partial charge on any atom is 0.410 e. The Morgan fingerprint density at radius 3 is 2.59 bits per heavy atom. The molecule has 98 valence electrons. The number of nitrogens with two attached hydrogens (primary N) is 1. The summed E-state index contributed by atoms with van der Waals surface area (Å²) in [5, 5.41) is 0. The molecule has 2 rings (SSSR count). The predicted octanol–water partition coefficient (Wildman–Crippen LogP) is 1.98. The summed E-state index contributed by atoms with van der Waals surface area (Å²) in [6, 6.07) is 0. The van der Waals surface area contributed by atoms with Gasteiger partial charge in [-0.2, -0.15) is 0 Å². The molecule has 0 radical (unpaired) electrons. The molecule has 2 N–H and O–H groups in total. The van der Waals surface area contributed by atoms with Crippen LogP contribution in [0.2, 0.25) is 0 Å². The lowest BCUT2D eigenvalue weighted by Gasteiger charge is -2.48. The molecule has 4 heteroatoms. The number of carbonyl (C=O) groups is 1. The van der Waals surface area contributed by atoms with Crippen LogP contribution in [0.4, 0.5) is 4.79 Å². The number of amides is 1. The van der Waals surface area contributed by atoms with E-state index in [-0.39, 0.29) is 6.09 Å². The molecule has 2 aliphatic rings. The Morgan fingerprint density at radius 1 is 1.47 bits per heavy atom. The van der Waals surface area contributed by atoms with E-state index in [4.69, 9.17) is 10.5 Å². The van der Waals surface area contributed by atoms with Gasteiger partial charge in [0.15, 0.2) is 0 Å². The van der Waals surface area contributed by atoms with E-state index in [0.29, 0.717) is 11.3 Å². The lowest BCUT2D eigenvalue weighted by atomic mass is 9.78. The van der Waals surface area contributed by atoms with Crippen molar-refractivity contribution >= 4 is 6.09 Å². The fourth-order valence-electron chi connectivity index (χ4n) is 3.03. The highest BCUT2D eigenvalue weighted by atomic mass is 16.6. The van der Waals surface area contributed by atoms with Crippen LogP contribution in [0.15, 0.2) is 0 Å². The minimum atomic E-state index is -0.394. The van der Waals surface area contributed by atoms with E-state index in [1.807, 2.05) is 25.7 Å². The van der Waals surface area contributed by atoms with Crippen LogP contribution in [0.5, 0.6) is 0 Å². The lowest BCUT2D eigenvalue weighted by molar-refractivity contribution is -0.0331. The second kappa shape index (κ2) is 4.16. The first-order chi connectivity index (χ1) is 7.84. The molecule has 0 aromatic carbocycles. The van der Waals surface area contributed by atoms with Gasteiger partial charge in [0, 0.05) is 18.5 Å². The summed E-state index contributed by atoms with van der Waals surface area (Å²) in [5.74, 6) is 0.663. The third kappa shape index (κ3) is 2.73. The second-order valence-corrected chi connectivity index (χ2v) is 6.68. The molecule has 1 spiro atoms. The quantitative estimate of drug-likeness (QED) is 0.762. The van der Waals surface area contributed by atoms with Crippen LogP contribution in [0.1, 0.15) is 40.0 Å². The van der Waals surface area contributed by atoms with Crippen molar-refractivity contribution in [1.29, 1.82) is 0 Å². The molecule has 0 bridgehead atoms. The van der Waals surface area contributed by atoms with E-state index in [9.17, 15) is 4.79 Å². The fraction of sp³-hybridized carbons (Fsp3) is 0.923. The maximum absolute atomic E-state index is 11.8. The van der Waals surface area contributed by atoms with E-state index < -0.39 is 5.60 Å². The highest BCUT2D eigenvalue weighted by molar-refractivity contribution is 5.69. The molecule has 1 saturated carbocycles. The van der Waals surface area contributed by atoms with Crippen molar-refractivity contribution < 1.29 is 9.53 Å². The Hall–Kier alpha value is -0.770. The number of carbonyl (C=O) groups excluding carboxylic acids is 1. The Morgan fingerprint density at radius 2 is 2.12 bits per heavy atom. The van der Waals surface area contributed by atoms with Gasteiger partial charge in [-0.05, 0) is 52.5 Å². The average Bonchev–Trinajstić information content (AvgIpc) is 2.56. The van der Waals surface area contributed by atoms with E-state index >= 15 is 0 Å². The van der Waals surface area contributed by atoms with Gasteiger partial charge in [-0.15, -0.1) is 0 Å². The van der Waals surface area contributed by atoms with Crippen molar-refractivity contribution in [3.63, 3.8) is 0 Å². The van der Waals surface area contributed by atoms with Crippen LogP contribution in [-0.2, 0) is 4.74 Å². The fourth-order valence-corrected chi connectivity index (χ4v) is 3.03. The van der Waals surface area contributed by atoms with Gasteiger partial charge in [-0.25, -0.2) is 4.79 Å². The average molecular weight is 240 g/mol. The van der Waals surface area contributed by atoms with Crippen LogP contribution in [0.25, 0.3) is 0 Å². The zero-order valence-electron chi connectivity index (χ0n) is 11.2. The molecule has 1 aliphatic carbocycles. The van der Waals surface area contributed by atoms with Gasteiger partial charge in [-0.1, -0.05) is 0 Å². The second-order valence-electron chi connectivity index (χ2n) is 6.68. The summed E-state index contributed by atoms with van der Waals surface area (Å²) in [5.41, 5.74) is 5.67. The predicted molar refractivity (Wildman–Crippen MR) is 66.6 cm³/mol. The van der Waals surface area contributed by atoms with Crippen LogP contribution in [0, 0.1) is 11.3 Å². The van der Waals surface area contributed by atoms with Gasteiger partial charge < -0.3 is 15.4 Å². The van der Waals surface area contributed by atoms with E-state index in [0.717, 1.165) is 19.6 Å². The Labute approximate surface area is 103 Å². The Bertz CT molecular complexity index is 303. The molecular formula is C13H24N2O2. The van der Waals surface area contributed by atoms with Crippen molar-refractivity contribution in [2.45, 2.75) is 45.6 Å². The lowest BCUT2D eigenvalue weighted by Crippen LogP contribution is -2.58. The van der Waals surface area contributed by atoms with Gasteiger partial charge in [0.2, 0.25) is 0 Å². The molecule has 1 heterocycles. The van der Waals surface area contributed by atoms with Gasteiger partial charge in [0.25, 0.3) is 0 Å². The minimum Gasteiger partial charge on any atom is -0.444 e. The number of likely N-dealkylation sites (tertiary alicyclic amines) is 1. The SMILES string of the molecule is CC(C)(C)OC(=O)N1CC2(CCC(CN)C2)C1. The van der Waals surface area contributed by atoms with Crippen molar-refractivity contribution in [2.75, 3.05) is 19.6 Å². The topological polar surface area (TPSA) is 55.6 Å². The number of nitrogens with zero attached hydrogens (tertiary/aromatic N) is 1. The molecule has 2 fully saturated rings. The van der Waals surface area contributed by atoms with Gasteiger partial charge >= 0.3 is 6.09 Å². The zero-order chi connectivity index (χ0) is 12.7. The third-order valence-corrected chi connectivity index (χ3v) is 3.84. The molecule has 1 aliphatic heterocycles. The van der Waals surface area contributed by atoms with Crippen molar-refractivity contribution in [1.82, 2.24) is 4.90 Å². The molecule has 17 heavy (non-hydrogen) atoms. The largest absolute Gasteiger partial charge is 0.444 e. The van der Waals surface area contributed by atoms with Crippen LogP contribution in [0.3, 0.4) is 0 Å². The first kappa shape index (κ1) is 12.7. The van der Waals surface area contributed by atoms with Gasteiger partial charge in [-0.3, -0.25) is 0 Å². The molecular weight excluding hydrogens is 216 g/mol. The summed E-state index contributed by atoms with van der Waals surface area (Å²) in [4.78, 5) is 13.6. The highest BCUT2D eigenvalue weighted by Crippen LogP contribution is 2.48. The molecule has 1 amide bonds. The standard InChI is InChI=1S/C13H24N2O2/c1-12(2,3)17-11(16)15-8-13(9-15)5-4-10(6-13)7-14/h10H,4-9,14H2,1-3H3. The molecule has 0 aromatic heterocycles. The molecule has 4 nitrogen and oxygen atoms in total. The Kier molecular flexibility index (Phi) is 3.10. The number of rotatable bonds is 1.